The van der Waals surface area contributed by atoms with Crippen LogP contribution in [0.25, 0.3) is 21.3 Å². The minimum Gasteiger partial charge on any atom is -0.467 e. The maximum atomic E-state index is 6.23. The van der Waals surface area contributed by atoms with E-state index in [2.05, 4.69) is 46.2 Å². The number of hydrogen-bond acceptors (Lipinski definition) is 4. The van der Waals surface area contributed by atoms with Crippen LogP contribution in [-0.4, -0.2) is 40.1 Å². The lowest BCUT2D eigenvalue weighted by atomic mass is 10.0. The van der Waals surface area contributed by atoms with E-state index in [-0.39, 0.29) is 37.2 Å². The van der Waals surface area contributed by atoms with Crippen LogP contribution in [0.4, 0.5) is 0 Å². The number of ether oxygens (including phenoxy) is 1. The zero-order valence-electron chi connectivity index (χ0n) is 15.0. The maximum absolute atomic E-state index is 6.23. The summed E-state index contributed by atoms with van der Waals surface area (Å²) in [6.07, 6.45) is 9.15. The van der Waals surface area contributed by atoms with Crippen molar-refractivity contribution in [1.29, 1.82) is 0 Å². The van der Waals surface area contributed by atoms with Crippen LogP contribution < -0.4 is 4.74 Å². The third kappa shape index (κ3) is 4.22. The quantitative estimate of drug-likeness (QED) is 0.570. The topological polar surface area (TPSA) is 41.1 Å². The lowest BCUT2D eigenvalue weighted by molar-refractivity contribution is 0.0660. The number of nitrogens with zero attached hydrogens (tertiary/aromatic N) is 2. The molecule has 2 fully saturated rings. The summed E-state index contributed by atoms with van der Waals surface area (Å²) in [6, 6.07) is 9.98. The molecule has 2 atom stereocenters. The highest BCUT2D eigenvalue weighted by molar-refractivity contribution is 7.16. The first kappa shape index (κ1) is 22.3. The summed E-state index contributed by atoms with van der Waals surface area (Å²) >= 11 is 1.66. The van der Waals surface area contributed by atoms with Crippen LogP contribution in [0.15, 0.2) is 36.7 Å². The molecular formula is C19H24Cl3N3OS. The number of halogens is 3. The van der Waals surface area contributed by atoms with Crippen LogP contribution >= 0.6 is 48.6 Å². The molecule has 4 nitrogen and oxygen atoms in total. The summed E-state index contributed by atoms with van der Waals surface area (Å²) in [5, 5.41) is 2.04. The van der Waals surface area contributed by atoms with Crippen molar-refractivity contribution < 1.29 is 4.74 Å². The molecule has 8 heteroatoms. The van der Waals surface area contributed by atoms with Gasteiger partial charge in [0.1, 0.15) is 6.10 Å². The predicted molar refractivity (Wildman–Crippen MR) is 119 cm³/mol. The number of fused-ring (bicyclic) bond motifs is 3. The summed E-state index contributed by atoms with van der Waals surface area (Å²) < 4.78 is 6.23. The molecule has 148 valence electrons. The predicted octanol–water partition coefficient (Wildman–Crippen LogP) is 5.56. The van der Waals surface area contributed by atoms with Gasteiger partial charge in [-0.2, -0.15) is 0 Å². The molecule has 27 heavy (non-hydrogen) atoms. The summed E-state index contributed by atoms with van der Waals surface area (Å²) in [5.74, 6) is 0. The first-order valence-corrected chi connectivity index (χ1v) is 9.50. The monoisotopic (exact) mass is 447 g/mol. The lowest BCUT2D eigenvalue weighted by Gasteiger charge is -2.35. The van der Waals surface area contributed by atoms with Gasteiger partial charge in [0.05, 0.1) is 4.88 Å². The normalized spacial score (nSPS) is 24.0. The summed E-state index contributed by atoms with van der Waals surface area (Å²) in [4.78, 5) is 11.5. The van der Waals surface area contributed by atoms with Crippen LogP contribution in [0, 0.1) is 0 Å². The van der Waals surface area contributed by atoms with Crippen LogP contribution in [0.5, 0.6) is 5.19 Å². The maximum Gasteiger partial charge on any atom is 0.273 e. The number of rotatable bonds is 3. The Labute approximate surface area is 181 Å². The zero-order chi connectivity index (χ0) is 16.1. The van der Waals surface area contributed by atoms with Crippen molar-refractivity contribution in [1.82, 2.24) is 14.9 Å². The zero-order valence-corrected chi connectivity index (χ0v) is 18.2. The van der Waals surface area contributed by atoms with E-state index in [0.29, 0.717) is 18.2 Å². The molecule has 2 aliphatic heterocycles. The fourth-order valence-electron chi connectivity index (χ4n) is 4.25. The van der Waals surface area contributed by atoms with Crippen molar-refractivity contribution in [3.8, 4) is 15.6 Å². The fourth-order valence-corrected chi connectivity index (χ4v) is 5.08. The SMILES string of the molecule is CN1C2CCC1CC(Oc1ncc(-c3ccc4[nH]ccc4c3)s1)C2.Cl.Cl.Cl. The second kappa shape index (κ2) is 9.01. The second-order valence-electron chi connectivity index (χ2n) is 7.03. The van der Waals surface area contributed by atoms with Crippen LogP contribution in [-0.2, 0) is 0 Å². The molecular weight excluding hydrogens is 425 g/mol. The molecule has 0 spiro atoms. The third-order valence-corrected chi connectivity index (χ3v) is 6.58. The number of nitrogens with one attached hydrogen (secondary N) is 1. The third-order valence-electron chi connectivity index (χ3n) is 5.64. The summed E-state index contributed by atoms with van der Waals surface area (Å²) in [5.41, 5.74) is 2.37. The van der Waals surface area contributed by atoms with Gasteiger partial charge >= 0.3 is 0 Å². The average Bonchev–Trinajstić information content (AvgIpc) is 3.27. The standard InChI is InChI=1S/C19H21N3OS.3ClH/c1-22-14-3-4-15(22)10-16(9-14)23-19-21-11-18(24-19)13-2-5-17-12(8-13)6-7-20-17;;;/h2,5-8,11,14-16,20H,3-4,9-10H2,1H3;3*1H. The number of thiazole rings is 1. The molecule has 0 radical (unpaired) electrons. The Bertz CT molecular complexity index is 870. The van der Waals surface area contributed by atoms with Gasteiger partial charge in [-0.05, 0) is 61.9 Å². The molecule has 1 aromatic carbocycles. The van der Waals surface area contributed by atoms with Crippen LogP contribution in [0.3, 0.4) is 0 Å². The first-order valence-electron chi connectivity index (χ1n) is 8.68. The van der Waals surface area contributed by atoms with Crippen LogP contribution in [0.2, 0.25) is 0 Å². The first-order chi connectivity index (χ1) is 11.8. The van der Waals surface area contributed by atoms with E-state index in [0.717, 1.165) is 18.0 Å². The van der Waals surface area contributed by atoms with Gasteiger partial charge in [-0.3, -0.25) is 0 Å². The smallest absolute Gasteiger partial charge is 0.273 e. The number of aromatic amines is 1. The van der Waals surface area contributed by atoms with E-state index in [1.165, 1.54) is 34.2 Å². The van der Waals surface area contributed by atoms with E-state index in [4.69, 9.17) is 4.74 Å². The van der Waals surface area contributed by atoms with E-state index < -0.39 is 0 Å². The van der Waals surface area contributed by atoms with Gasteiger partial charge in [-0.25, -0.2) is 4.98 Å². The minimum absolute atomic E-state index is 0. The van der Waals surface area contributed by atoms with Crippen molar-refractivity contribution in [2.45, 2.75) is 43.9 Å². The van der Waals surface area contributed by atoms with Gasteiger partial charge in [-0.15, -0.1) is 37.2 Å². The molecule has 2 aliphatic rings. The molecule has 3 aromatic rings. The molecule has 4 heterocycles. The van der Waals surface area contributed by atoms with Gasteiger partial charge in [0.25, 0.3) is 5.19 Å². The van der Waals surface area contributed by atoms with Gasteiger partial charge < -0.3 is 14.6 Å². The highest BCUT2D eigenvalue weighted by Crippen LogP contribution is 2.38. The Morgan fingerprint density at radius 3 is 2.59 bits per heavy atom. The minimum atomic E-state index is 0. The number of hydrogen-bond donors (Lipinski definition) is 1. The molecule has 5 rings (SSSR count). The molecule has 2 bridgehead atoms. The van der Waals surface area contributed by atoms with Gasteiger partial charge in [-0.1, -0.05) is 17.4 Å². The molecule has 0 amide bonds. The van der Waals surface area contributed by atoms with Gasteiger partial charge in [0.15, 0.2) is 0 Å². The summed E-state index contributed by atoms with van der Waals surface area (Å²) in [7, 11) is 2.26. The van der Waals surface area contributed by atoms with E-state index >= 15 is 0 Å². The highest BCUT2D eigenvalue weighted by Gasteiger charge is 2.39. The van der Waals surface area contributed by atoms with Crippen molar-refractivity contribution in [2.24, 2.45) is 0 Å². The van der Waals surface area contributed by atoms with Gasteiger partial charge in [0, 0.05) is 30.0 Å². The van der Waals surface area contributed by atoms with E-state index in [1.807, 2.05) is 12.4 Å². The summed E-state index contributed by atoms with van der Waals surface area (Å²) in [6.45, 7) is 0. The number of piperidine rings is 1. The van der Waals surface area contributed by atoms with Crippen LogP contribution in [0.1, 0.15) is 25.7 Å². The molecule has 0 aliphatic carbocycles. The highest BCUT2D eigenvalue weighted by atomic mass is 35.5. The second-order valence-corrected chi connectivity index (χ2v) is 8.03. The Balaban J connectivity index is 0.000000871. The Hall–Kier alpha value is -0.980. The Morgan fingerprint density at radius 2 is 1.85 bits per heavy atom. The Kier molecular flexibility index (Phi) is 7.45. The molecule has 2 aromatic heterocycles. The number of aromatic nitrogens is 2. The fraction of sp³-hybridized carbons (Fsp3) is 0.421. The van der Waals surface area contributed by atoms with Crippen molar-refractivity contribution in [3.05, 3.63) is 36.7 Å². The molecule has 2 unspecified atom stereocenters. The van der Waals surface area contributed by atoms with E-state index in [9.17, 15) is 0 Å². The van der Waals surface area contributed by atoms with E-state index in [1.54, 1.807) is 11.3 Å². The van der Waals surface area contributed by atoms with Crippen molar-refractivity contribution >= 4 is 59.5 Å². The van der Waals surface area contributed by atoms with Crippen molar-refractivity contribution in [3.63, 3.8) is 0 Å². The number of benzene rings is 1. The molecule has 1 N–H and O–H groups in total. The molecule has 0 saturated carbocycles. The lowest BCUT2D eigenvalue weighted by Crippen LogP contribution is -2.43. The van der Waals surface area contributed by atoms with Crippen molar-refractivity contribution in [2.75, 3.05) is 7.05 Å². The largest absolute Gasteiger partial charge is 0.467 e. The Morgan fingerprint density at radius 1 is 1.11 bits per heavy atom. The number of H-pyrrole nitrogens is 1. The average molecular weight is 449 g/mol. The molecule has 2 saturated heterocycles. The van der Waals surface area contributed by atoms with Gasteiger partial charge in [0.2, 0.25) is 0 Å².